The van der Waals surface area contributed by atoms with Crippen LogP contribution >= 0.6 is 0 Å². The molecule has 0 aromatic heterocycles. The Hall–Kier alpha value is -1.44. The zero-order chi connectivity index (χ0) is 12.1. The van der Waals surface area contributed by atoms with Crippen molar-refractivity contribution >= 4 is 6.08 Å². The minimum Gasteiger partial charge on any atom is -0.497 e. The van der Waals surface area contributed by atoms with E-state index in [1.807, 2.05) is 37.1 Å². The van der Waals surface area contributed by atoms with Crippen molar-refractivity contribution < 1.29 is 9.47 Å². The Morgan fingerprint density at radius 2 is 1.41 bits per heavy atom. The third-order valence-corrected chi connectivity index (χ3v) is 2.53. The Balaban J connectivity index is 2.13. The van der Waals surface area contributed by atoms with Gasteiger partial charge in [-0.1, -0.05) is 12.2 Å². The molecular formula is C15H15O2. The van der Waals surface area contributed by atoms with Crippen LogP contribution in [0.4, 0.5) is 0 Å². The maximum atomic E-state index is 5.22. The zero-order valence-corrected chi connectivity index (χ0v) is 10.0. The lowest BCUT2D eigenvalue weighted by Crippen LogP contribution is -1.89. The summed E-state index contributed by atoms with van der Waals surface area (Å²) < 4.78 is 10.4. The van der Waals surface area contributed by atoms with E-state index in [9.17, 15) is 0 Å². The first-order valence-corrected chi connectivity index (χ1v) is 5.44. The molecule has 2 heteroatoms. The molecule has 1 aromatic rings. The topological polar surface area (TPSA) is 18.5 Å². The number of benzene rings is 1. The van der Waals surface area contributed by atoms with Crippen molar-refractivity contribution in [2.24, 2.45) is 0 Å². The predicted octanol–water partition coefficient (Wildman–Crippen LogP) is 3.12. The molecule has 17 heavy (non-hydrogen) atoms. The van der Waals surface area contributed by atoms with Gasteiger partial charge in [0.25, 0.3) is 0 Å². The summed E-state index contributed by atoms with van der Waals surface area (Å²) in [5, 5.41) is 0. The molecule has 2 nitrogen and oxygen atoms in total. The van der Waals surface area contributed by atoms with E-state index in [4.69, 9.17) is 9.47 Å². The second-order valence-electron chi connectivity index (χ2n) is 3.70. The molecule has 0 saturated heterocycles. The van der Waals surface area contributed by atoms with Crippen LogP contribution < -0.4 is 9.47 Å². The van der Waals surface area contributed by atoms with Crippen LogP contribution in [0.5, 0.6) is 11.5 Å². The van der Waals surface area contributed by atoms with Crippen LogP contribution in [0.2, 0.25) is 0 Å². The van der Waals surface area contributed by atoms with Gasteiger partial charge in [0.1, 0.15) is 11.5 Å². The molecule has 0 heterocycles. The van der Waals surface area contributed by atoms with Crippen LogP contribution in [0.3, 0.4) is 0 Å². The molecule has 1 aliphatic carbocycles. The average Bonchev–Trinajstić information content (AvgIpc) is 2.89. The molecule has 1 aromatic carbocycles. The third kappa shape index (κ3) is 3.26. The van der Waals surface area contributed by atoms with Gasteiger partial charge in [-0.3, -0.25) is 0 Å². The van der Waals surface area contributed by atoms with Gasteiger partial charge in [-0.15, -0.1) is 0 Å². The molecule has 87 valence electrons. The van der Waals surface area contributed by atoms with Crippen LogP contribution in [-0.2, 0) is 0 Å². The zero-order valence-electron chi connectivity index (χ0n) is 10.0. The summed E-state index contributed by atoms with van der Waals surface area (Å²) in [6.07, 6.45) is 12.3. The Morgan fingerprint density at radius 1 is 0.824 bits per heavy atom. The summed E-state index contributed by atoms with van der Waals surface area (Å²) in [6, 6.07) is 5.81. The highest BCUT2D eigenvalue weighted by Gasteiger charge is 2.13. The summed E-state index contributed by atoms with van der Waals surface area (Å²) in [5.74, 6) is 2.78. The SMILES string of the molecule is COc1cc(/C=C/[C]2[CH][CH][CH][CH]2)cc(OC)c1. The van der Waals surface area contributed by atoms with Gasteiger partial charge in [0.15, 0.2) is 0 Å². The van der Waals surface area contributed by atoms with E-state index in [1.165, 1.54) is 5.92 Å². The first-order valence-electron chi connectivity index (χ1n) is 5.44. The van der Waals surface area contributed by atoms with Crippen LogP contribution in [0.15, 0.2) is 24.3 Å². The molecule has 0 amide bonds. The fraction of sp³-hybridized carbons (Fsp3) is 0.133. The largest absolute Gasteiger partial charge is 0.497 e. The van der Waals surface area contributed by atoms with Crippen LogP contribution in [0, 0.1) is 31.6 Å². The summed E-state index contributed by atoms with van der Waals surface area (Å²) in [5.41, 5.74) is 1.06. The summed E-state index contributed by atoms with van der Waals surface area (Å²) in [6.45, 7) is 0. The third-order valence-electron chi connectivity index (χ3n) is 2.53. The van der Waals surface area contributed by atoms with Gasteiger partial charge in [0, 0.05) is 12.0 Å². The fourth-order valence-electron chi connectivity index (χ4n) is 1.62. The van der Waals surface area contributed by atoms with E-state index in [1.54, 1.807) is 14.2 Å². The minimum absolute atomic E-state index is 0.798. The Morgan fingerprint density at radius 3 is 1.94 bits per heavy atom. The first kappa shape index (κ1) is 12.0. The van der Waals surface area contributed by atoms with Gasteiger partial charge in [-0.25, -0.2) is 0 Å². The molecule has 0 aliphatic heterocycles. The lowest BCUT2D eigenvalue weighted by Gasteiger charge is -2.06. The molecule has 1 saturated carbocycles. The van der Waals surface area contributed by atoms with Crippen molar-refractivity contribution in [1.82, 2.24) is 0 Å². The average molecular weight is 227 g/mol. The standard InChI is InChI=1S/C15H15O2/c1-16-14-9-13(10-15(11-14)17-2)8-7-12-5-3-4-6-12/h3-11H,1-2H3/b8-7+. The van der Waals surface area contributed by atoms with Crippen molar-refractivity contribution in [3.63, 3.8) is 0 Å². The molecule has 0 bridgehead atoms. The number of allylic oxidation sites excluding steroid dienone is 1. The highest BCUT2D eigenvalue weighted by molar-refractivity contribution is 5.59. The minimum atomic E-state index is 0.798. The molecule has 0 spiro atoms. The summed E-state index contributed by atoms with van der Waals surface area (Å²) in [4.78, 5) is 0. The summed E-state index contributed by atoms with van der Waals surface area (Å²) >= 11 is 0. The van der Waals surface area contributed by atoms with E-state index in [0.717, 1.165) is 17.1 Å². The number of methoxy groups -OCH3 is 2. The maximum Gasteiger partial charge on any atom is 0.123 e. The lowest BCUT2D eigenvalue weighted by molar-refractivity contribution is 0.394. The maximum absolute atomic E-state index is 5.22. The Bertz CT molecular complexity index is 368. The fourth-order valence-corrected chi connectivity index (χ4v) is 1.62. The second-order valence-corrected chi connectivity index (χ2v) is 3.70. The number of rotatable bonds is 4. The van der Waals surface area contributed by atoms with Gasteiger partial charge < -0.3 is 9.47 Å². The second kappa shape index (κ2) is 5.76. The first-order chi connectivity index (χ1) is 8.31. The van der Waals surface area contributed by atoms with Crippen molar-refractivity contribution in [1.29, 1.82) is 0 Å². The van der Waals surface area contributed by atoms with Crippen molar-refractivity contribution in [3.8, 4) is 11.5 Å². The van der Waals surface area contributed by atoms with Crippen LogP contribution in [0.1, 0.15) is 5.56 Å². The highest BCUT2D eigenvalue weighted by Crippen LogP contribution is 2.27. The monoisotopic (exact) mass is 227 g/mol. The van der Waals surface area contributed by atoms with Crippen molar-refractivity contribution in [2.75, 3.05) is 14.2 Å². The Labute approximate surface area is 103 Å². The van der Waals surface area contributed by atoms with Gasteiger partial charge in [-0.05, 0) is 43.4 Å². The molecule has 5 radical (unpaired) electrons. The number of hydrogen-bond acceptors (Lipinski definition) is 2. The lowest BCUT2D eigenvalue weighted by atomic mass is 10.1. The molecule has 1 fully saturated rings. The molecule has 0 N–H and O–H groups in total. The normalized spacial score (nSPS) is 16.6. The quantitative estimate of drug-likeness (QED) is 0.786. The predicted molar refractivity (Wildman–Crippen MR) is 69.0 cm³/mol. The Kier molecular flexibility index (Phi) is 4.08. The van der Waals surface area contributed by atoms with E-state index >= 15 is 0 Å². The van der Waals surface area contributed by atoms with E-state index in [0.29, 0.717) is 0 Å². The van der Waals surface area contributed by atoms with Gasteiger partial charge in [0.2, 0.25) is 0 Å². The molecule has 1 aliphatic rings. The van der Waals surface area contributed by atoms with E-state index in [-0.39, 0.29) is 0 Å². The van der Waals surface area contributed by atoms with Crippen molar-refractivity contribution in [2.45, 2.75) is 0 Å². The molecule has 2 rings (SSSR count). The molecule has 0 unspecified atom stereocenters. The molecule has 0 atom stereocenters. The van der Waals surface area contributed by atoms with E-state index < -0.39 is 0 Å². The van der Waals surface area contributed by atoms with Crippen molar-refractivity contribution in [3.05, 3.63) is 61.4 Å². The van der Waals surface area contributed by atoms with Crippen LogP contribution in [0.25, 0.3) is 6.08 Å². The van der Waals surface area contributed by atoms with E-state index in [2.05, 4.69) is 18.9 Å². The van der Waals surface area contributed by atoms with Gasteiger partial charge in [-0.2, -0.15) is 0 Å². The van der Waals surface area contributed by atoms with Gasteiger partial charge >= 0.3 is 0 Å². The smallest absolute Gasteiger partial charge is 0.123 e. The summed E-state index contributed by atoms with van der Waals surface area (Å²) in [7, 11) is 3.30. The van der Waals surface area contributed by atoms with Gasteiger partial charge in [0.05, 0.1) is 14.2 Å². The molecular weight excluding hydrogens is 212 g/mol. The highest BCUT2D eigenvalue weighted by atomic mass is 16.5. The van der Waals surface area contributed by atoms with Crippen LogP contribution in [-0.4, -0.2) is 14.2 Å². The number of hydrogen-bond donors (Lipinski definition) is 0. The number of ether oxygens (including phenoxy) is 2.